The summed E-state index contributed by atoms with van der Waals surface area (Å²) in [4.78, 5) is 13.9. The van der Waals surface area contributed by atoms with Crippen molar-refractivity contribution in [1.29, 1.82) is 0 Å². The van der Waals surface area contributed by atoms with Crippen LogP contribution in [0.1, 0.15) is 23.1 Å². The number of carbonyl (C=O) groups is 1. The number of halogens is 1. The van der Waals surface area contributed by atoms with Gasteiger partial charge in [-0.15, -0.1) is 0 Å². The Bertz CT molecular complexity index is 684. The number of aryl methyl sites for hydroxylation is 1. The first-order valence-corrected chi connectivity index (χ1v) is 7.04. The Hall–Kier alpha value is -2.20. The molecule has 0 spiro atoms. The number of amides is 1. The standard InChI is InChI=1S/C17H17FN2O/c18-15-5-6-16-14(9-15)4-7-17(21)20(16)11-13-3-1-2-12(8-13)10-19/h1-3,5-6,8-9H,4,7,10-11,19H2. The van der Waals surface area contributed by atoms with E-state index in [0.717, 1.165) is 22.4 Å². The van der Waals surface area contributed by atoms with Gasteiger partial charge in [-0.3, -0.25) is 4.79 Å². The summed E-state index contributed by atoms with van der Waals surface area (Å²) < 4.78 is 13.3. The second kappa shape index (κ2) is 5.66. The molecule has 1 aliphatic heterocycles. The summed E-state index contributed by atoms with van der Waals surface area (Å²) in [6, 6.07) is 12.5. The zero-order chi connectivity index (χ0) is 14.8. The van der Waals surface area contributed by atoms with E-state index in [0.29, 0.717) is 25.9 Å². The fraction of sp³-hybridized carbons (Fsp3) is 0.235. The van der Waals surface area contributed by atoms with E-state index in [1.54, 1.807) is 11.0 Å². The maximum absolute atomic E-state index is 13.3. The Morgan fingerprint density at radius 2 is 1.90 bits per heavy atom. The largest absolute Gasteiger partial charge is 0.326 e. The first-order valence-electron chi connectivity index (χ1n) is 7.04. The Kier molecular flexibility index (Phi) is 3.71. The van der Waals surface area contributed by atoms with E-state index < -0.39 is 0 Å². The number of fused-ring (bicyclic) bond motifs is 1. The molecule has 0 saturated carbocycles. The van der Waals surface area contributed by atoms with E-state index in [1.807, 2.05) is 24.3 Å². The number of anilines is 1. The molecule has 108 valence electrons. The van der Waals surface area contributed by atoms with Gasteiger partial charge in [0.1, 0.15) is 5.82 Å². The lowest BCUT2D eigenvalue weighted by Crippen LogP contribution is -2.34. The first-order chi connectivity index (χ1) is 10.2. The molecule has 2 aromatic rings. The second-order valence-electron chi connectivity index (χ2n) is 5.28. The molecule has 3 rings (SSSR count). The van der Waals surface area contributed by atoms with Crippen molar-refractivity contribution in [3.63, 3.8) is 0 Å². The molecule has 2 N–H and O–H groups in total. The Balaban J connectivity index is 1.92. The van der Waals surface area contributed by atoms with Gasteiger partial charge in [-0.05, 0) is 41.3 Å². The summed E-state index contributed by atoms with van der Waals surface area (Å²) in [6.07, 6.45) is 1.03. The van der Waals surface area contributed by atoms with Gasteiger partial charge in [-0.1, -0.05) is 24.3 Å². The number of carbonyl (C=O) groups excluding carboxylic acids is 1. The fourth-order valence-electron chi connectivity index (χ4n) is 2.74. The van der Waals surface area contributed by atoms with Gasteiger partial charge in [0, 0.05) is 18.7 Å². The minimum absolute atomic E-state index is 0.0762. The molecule has 21 heavy (non-hydrogen) atoms. The predicted molar refractivity (Wildman–Crippen MR) is 80.2 cm³/mol. The van der Waals surface area contributed by atoms with Crippen LogP contribution < -0.4 is 10.6 Å². The number of nitrogens with zero attached hydrogens (tertiary/aromatic N) is 1. The van der Waals surface area contributed by atoms with E-state index >= 15 is 0 Å². The van der Waals surface area contributed by atoms with Crippen molar-refractivity contribution < 1.29 is 9.18 Å². The van der Waals surface area contributed by atoms with Gasteiger partial charge in [0.15, 0.2) is 0 Å². The summed E-state index contributed by atoms with van der Waals surface area (Å²) in [5.74, 6) is -0.180. The molecule has 1 aliphatic rings. The number of nitrogens with two attached hydrogens (primary N) is 1. The van der Waals surface area contributed by atoms with Crippen LogP contribution >= 0.6 is 0 Å². The third-order valence-electron chi connectivity index (χ3n) is 3.81. The Labute approximate surface area is 123 Å². The van der Waals surface area contributed by atoms with Gasteiger partial charge >= 0.3 is 0 Å². The molecule has 0 aliphatic carbocycles. The minimum Gasteiger partial charge on any atom is -0.326 e. The van der Waals surface area contributed by atoms with Gasteiger partial charge in [0.25, 0.3) is 0 Å². The van der Waals surface area contributed by atoms with E-state index in [1.165, 1.54) is 12.1 Å². The quantitative estimate of drug-likeness (QED) is 0.942. The van der Waals surface area contributed by atoms with Crippen molar-refractivity contribution in [3.05, 3.63) is 65.0 Å². The molecule has 0 unspecified atom stereocenters. The van der Waals surface area contributed by atoms with Crippen LogP contribution in [0.4, 0.5) is 10.1 Å². The van der Waals surface area contributed by atoms with E-state index in [2.05, 4.69) is 0 Å². The van der Waals surface area contributed by atoms with Crippen LogP contribution in [0.25, 0.3) is 0 Å². The van der Waals surface area contributed by atoms with E-state index in [9.17, 15) is 9.18 Å². The van der Waals surface area contributed by atoms with E-state index in [4.69, 9.17) is 5.73 Å². The molecule has 0 saturated heterocycles. The average molecular weight is 284 g/mol. The third-order valence-corrected chi connectivity index (χ3v) is 3.81. The topological polar surface area (TPSA) is 46.3 Å². The smallest absolute Gasteiger partial charge is 0.227 e. The lowest BCUT2D eigenvalue weighted by atomic mass is 10.00. The van der Waals surface area contributed by atoms with Crippen molar-refractivity contribution in [2.24, 2.45) is 5.73 Å². The molecule has 1 amide bonds. The molecule has 2 aromatic carbocycles. The molecule has 0 bridgehead atoms. The lowest BCUT2D eigenvalue weighted by molar-refractivity contribution is -0.119. The highest BCUT2D eigenvalue weighted by Crippen LogP contribution is 2.29. The highest BCUT2D eigenvalue weighted by Gasteiger charge is 2.24. The number of hydrogen-bond acceptors (Lipinski definition) is 2. The third kappa shape index (κ3) is 2.81. The van der Waals surface area contributed by atoms with Gasteiger partial charge in [0.2, 0.25) is 5.91 Å². The molecule has 0 fully saturated rings. The lowest BCUT2D eigenvalue weighted by Gasteiger charge is -2.29. The van der Waals surface area contributed by atoms with Gasteiger partial charge < -0.3 is 10.6 Å². The monoisotopic (exact) mass is 284 g/mol. The van der Waals surface area contributed by atoms with Gasteiger partial charge in [-0.25, -0.2) is 4.39 Å². The zero-order valence-corrected chi connectivity index (χ0v) is 11.7. The van der Waals surface area contributed by atoms with E-state index in [-0.39, 0.29) is 11.7 Å². The van der Waals surface area contributed by atoms with Crippen molar-refractivity contribution in [1.82, 2.24) is 0 Å². The van der Waals surface area contributed by atoms with Crippen LogP contribution in [0.3, 0.4) is 0 Å². The molecule has 3 nitrogen and oxygen atoms in total. The van der Waals surface area contributed by atoms with Crippen molar-refractivity contribution in [2.45, 2.75) is 25.9 Å². The molecular formula is C17H17FN2O. The summed E-state index contributed by atoms with van der Waals surface area (Å²) in [6.45, 7) is 0.967. The zero-order valence-electron chi connectivity index (χ0n) is 11.7. The second-order valence-corrected chi connectivity index (χ2v) is 5.28. The Morgan fingerprint density at radius 3 is 2.71 bits per heavy atom. The number of rotatable bonds is 3. The molecule has 4 heteroatoms. The van der Waals surface area contributed by atoms with Crippen LogP contribution in [0.2, 0.25) is 0 Å². The maximum Gasteiger partial charge on any atom is 0.227 e. The Morgan fingerprint density at radius 1 is 1.10 bits per heavy atom. The molecular weight excluding hydrogens is 267 g/mol. The van der Waals surface area contributed by atoms with Crippen LogP contribution in [0.5, 0.6) is 0 Å². The van der Waals surface area contributed by atoms with Crippen LogP contribution in [0, 0.1) is 5.82 Å². The number of benzene rings is 2. The van der Waals surface area contributed by atoms with Gasteiger partial charge in [0.05, 0.1) is 6.54 Å². The number of hydrogen-bond donors (Lipinski definition) is 1. The summed E-state index contributed by atoms with van der Waals surface area (Å²) in [5.41, 5.74) is 9.42. The summed E-state index contributed by atoms with van der Waals surface area (Å²) in [7, 11) is 0. The van der Waals surface area contributed by atoms with Gasteiger partial charge in [-0.2, -0.15) is 0 Å². The SMILES string of the molecule is NCc1cccc(CN2C(=O)CCc3cc(F)ccc32)c1. The predicted octanol–water partition coefficient (Wildman–Crippen LogP) is 2.76. The van der Waals surface area contributed by atoms with Crippen molar-refractivity contribution >= 4 is 11.6 Å². The highest BCUT2D eigenvalue weighted by atomic mass is 19.1. The first kappa shape index (κ1) is 13.8. The van der Waals surface area contributed by atoms with Crippen LogP contribution in [0.15, 0.2) is 42.5 Å². The molecule has 0 atom stereocenters. The summed E-state index contributed by atoms with van der Waals surface area (Å²) >= 11 is 0. The molecule has 0 aromatic heterocycles. The molecule has 0 radical (unpaired) electrons. The maximum atomic E-state index is 13.3. The normalized spacial score (nSPS) is 14.2. The minimum atomic E-state index is -0.256. The van der Waals surface area contributed by atoms with Crippen molar-refractivity contribution in [2.75, 3.05) is 4.90 Å². The van der Waals surface area contributed by atoms with Crippen LogP contribution in [-0.4, -0.2) is 5.91 Å². The summed E-state index contributed by atoms with van der Waals surface area (Å²) in [5, 5.41) is 0. The van der Waals surface area contributed by atoms with Crippen LogP contribution in [-0.2, 0) is 24.3 Å². The fourth-order valence-corrected chi connectivity index (χ4v) is 2.74. The average Bonchev–Trinajstić information content (AvgIpc) is 2.50. The van der Waals surface area contributed by atoms with Crippen molar-refractivity contribution in [3.8, 4) is 0 Å². The highest BCUT2D eigenvalue weighted by molar-refractivity contribution is 5.96. The molecule has 1 heterocycles.